The van der Waals surface area contributed by atoms with E-state index in [9.17, 15) is 4.79 Å². The van der Waals surface area contributed by atoms with Crippen molar-refractivity contribution in [2.45, 2.75) is 70.6 Å². The van der Waals surface area contributed by atoms with Crippen LogP contribution >= 0.6 is 0 Å². The molecule has 1 amide bonds. The highest BCUT2D eigenvalue weighted by atomic mass is 16.6. The molecule has 0 bridgehead atoms. The first-order chi connectivity index (χ1) is 13.8. The number of amides is 1. The molecule has 0 atom stereocenters. The molecule has 1 aromatic carbocycles. The maximum absolute atomic E-state index is 12.9. The first kappa shape index (κ1) is 21.3. The van der Waals surface area contributed by atoms with Gasteiger partial charge in [-0.15, -0.1) is 0 Å². The highest BCUT2D eigenvalue weighted by Crippen LogP contribution is 2.25. The number of para-hydroxylation sites is 1. The average molecular weight is 401 g/mol. The molecule has 0 saturated heterocycles. The minimum absolute atomic E-state index is 0.153. The van der Waals surface area contributed by atoms with Gasteiger partial charge in [0.25, 0.3) is 0 Å². The number of nitrogens with two attached hydrogens (primary N) is 1. The van der Waals surface area contributed by atoms with Crippen LogP contribution in [0, 0.1) is 0 Å². The molecule has 29 heavy (non-hydrogen) atoms. The number of rotatable bonds is 5. The van der Waals surface area contributed by atoms with Gasteiger partial charge in [0.05, 0.1) is 24.3 Å². The van der Waals surface area contributed by atoms with Gasteiger partial charge in [-0.2, -0.15) is 0 Å². The molecule has 2 aromatic rings. The zero-order chi connectivity index (χ0) is 21.0. The number of hydrogen-bond acceptors (Lipinski definition) is 6. The number of fused-ring (bicyclic) bond motifs is 1. The van der Waals surface area contributed by atoms with E-state index in [1.54, 1.807) is 13.3 Å². The van der Waals surface area contributed by atoms with Crippen LogP contribution in [0.15, 0.2) is 24.4 Å². The van der Waals surface area contributed by atoms with Gasteiger partial charge >= 0.3 is 6.09 Å². The lowest BCUT2D eigenvalue weighted by atomic mass is 9.90. The maximum atomic E-state index is 12.9. The summed E-state index contributed by atoms with van der Waals surface area (Å²) >= 11 is 0. The Kier molecular flexibility index (Phi) is 6.57. The molecule has 2 N–H and O–H groups in total. The van der Waals surface area contributed by atoms with Crippen molar-refractivity contribution >= 4 is 17.1 Å². The summed E-state index contributed by atoms with van der Waals surface area (Å²) in [5.74, 6) is 0.482. The number of carbonyl (C=O) groups excluding carboxylic acids is 1. The van der Waals surface area contributed by atoms with Gasteiger partial charge in [0.1, 0.15) is 5.60 Å². The summed E-state index contributed by atoms with van der Waals surface area (Å²) in [7, 11) is 1.58. The fraction of sp³-hybridized carbons (Fsp3) is 0.591. The summed E-state index contributed by atoms with van der Waals surface area (Å²) in [4.78, 5) is 23.8. The first-order valence-corrected chi connectivity index (χ1v) is 10.3. The molecule has 0 unspecified atom stereocenters. The Balaban J connectivity index is 1.80. The molecule has 7 nitrogen and oxygen atoms in total. The summed E-state index contributed by atoms with van der Waals surface area (Å²) in [6.07, 6.45) is 5.70. The lowest BCUT2D eigenvalue weighted by Gasteiger charge is -2.37. The van der Waals surface area contributed by atoms with Crippen molar-refractivity contribution in [3.05, 3.63) is 30.0 Å². The number of nitrogens with zero attached hydrogens (tertiary/aromatic N) is 3. The predicted octanol–water partition coefficient (Wildman–Crippen LogP) is 3.69. The second kappa shape index (κ2) is 8.95. The summed E-state index contributed by atoms with van der Waals surface area (Å²) in [6.45, 7) is 6.25. The third-order valence-electron chi connectivity index (χ3n) is 5.28. The van der Waals surface area contributed by atoms with Crippen LogP contribution < -0.4 is 10.5 Å². The monoisotopic (exact) mass is 400 g/mol. The number of ether oxygens (including phenoxy) is 2. The van der Waals surface area contributed by atoms with Crippen LogP contribution in [-0.4, -0.2) is 52.3 Å². The van der Waals surface area contributed by atoms with E-state index in [1.165, 1.54) is 0 Å². The second-order valence-corrected chi connectivity index (χ2v) is 8.69. The van der Waals surface area contributed by atoms with Crippen molar-refractivity contribution in [2.75, 3.05) is 13.7 Å². The molecule has 158 valence electrons. The van der Waals surface area contributed by atoms with E-state index >= 15 is 0 Å². The topological polar surface area (TPSA) is 90.6 Å². The second-order valence-electron chi connectivity index (χ2n) is 8.69. The fourth-order valence-electron chi connectivity index (χ4n) is 3.77. The van der Waals surface area contributed by atoms with Crippen LogP contribution in [0.1, 0.15) is 52.0 Å². The molecular formula is C22H32N4O3. The van der Waals surface area contributed by atoms with Gasteiger partial charge in [0.2, 0.25) is 5.88 Å². The summed E-state index contributed by atoms with van der Waals surface area (Å²) in [5.41, 5.74) is 8.20. The van der Waals surface area contributed by atoms with E-state index in [1.807, 2.05) is 43.9 Å². The largest absolute Gasteiger partial charge is 0.480 e. The molecule has 1 fully saturated rings. The van der Waals surface area contributed by atoms with Gasteiger partial charge in [-0.25, -0.2) is 14.8 Å². The summed E-state index contributed by atoms with van der Waals surface area (Å²) in [6, 6.07) is 6.31. The Morgan fingerprint density at radius 2 is 1.97 bits per heavy atom. The van der Waals surface area contributed by atoms with Crippen LogP contribution in [0.4, 0.5) is 4.79 Å². The summed E-state index contributed by atoms with van der Waals surface area (Å²) in [5, 5.41) is 0. The Labute approximate surface area is 172 Å². The molecule has 1 aliphatic carbocycles. The Morgan fingerprint density at radius 1 is 1.24 bits per heavy atom. The number of hydrogen-bond donors (Lipinski definition) is 1. The van der Waals surface area contributed by atoms with Crippen molar-refractivity contribution in [1.29, 1.82) is 0 Å². The lowest BCUT2D eigenvalue weighted by Crippen LogP contribution is -2.47. The number of methoxy groups -OCH3 is 1. The maximum Gasteiger partial charge on any atom is 0.410 e. The van der Waals surface area contributed by atoms with Crippen LogP contribution in [0.2, 0.25) is 0 Å². The standard InChI is InChI=1S/C22H32N4O3/c1-22(2,3)29-21(27)26(17-10-8-16(23)9-11-17)13-12-15-6-5-7-18-20(15)25-19(28-4)14-24-18/h5-7,14,16-17H,8-13,23H2,1-4H3. The van der Waals surface area contributed by atoms with Gasteiger partial charge in [0.15, 0.2) is 0 Å². The molecular weight excluding hydrogens is 368 g/mol. The van der Waals surface area contributed by atoms with E-state index in [4.69, 9.17) is 15.2 Å². The normalized spacial score (nSPS) is 19.8. The van der Waals surface area contributed by atoms with Crippen LogP contribution in [-0.2, 0) is 11.2 Å². The van der Waals surface area contributed by atoms with E-state index in [0.29, 0.717) is 18.8 Å². The lowest BCUT2D eigenvalue weighted by molar-refractivity contribution is 0.0119. The molecule has 0 spiro atoms. The van der Waals surface area contributed by atoms with Gasteiger partial charge in [-0.05, 0) is 64.5 Å². The molecule has 0 radical (unpaired) electrons. The summed E-state index contributed by atoms with van der Waals surface area (Å²) < 4.78 is 10.9. The zero-order valence-corrected chi connectivity index (χ0v) is 17.9. The smallest absolute Gasteiger partial charge is 0.410 e. The number of carbonyl (C=O) groups is 1. The minimum Gasteiger partial charge on any atom is -0.480 e. The quantitative estimate of drug-likeness (QED) is 0.823. The first-order valence-electron chi connectivity index (χ1n) is 10.3. The molecule has 0 aliphatic heterocycles. The number of benzene rings is 1. The predicted molar refractivity (Wildman–Crippen MR) is 113 cm³/mol. The number of aromatic nitrogens is 2. The molecule has 1 aliphatic rings. The molecule has 1 heterocycles. The van der Waals surface area contributed by atoms with Gasteiger partial charge in [-0.3, -0.25) is 0 Å². The molecule has 7 heteroatoms. The van der Waals surface area contributed by atoms with Crippen LogP contribution in [0.5, 0.6) is 5.88 Å². The van der Waals surface area contributed by atoms with Crippen molar-refractivity contribution in [3.63, 3.8) is 0 Å². The van der Waals surface area contributed by atoms with E-state index in [0.717, 1.165) is 42.3 Å². The van der Waals surface area contributed by atoms with Crippen molar-refractivity contribution < 1.29 is 14.3 Å². The molecule has 3 rings (SSSR count). The van der Waals surface area contributed by atoms with Crippen molar-refractivity contribution in [3.8, 4) is 5.88 Å². The van der Waals surface area contributed by atoms with E-state index < -0.39 is 5.60 Å². The zero-order valence-electron chi connectivity index (χ0n) is 17.9. The highest BCUT2D eigenvalue weighted by molar-refractivity contribution is 5.78. The van der Waals surface area contributed by atoms with Crippen molar-refractivity contribution in [1.82, 2.24) is 14.9 Å². The van der Waals surface area contributed by atoms with E-state index in [2.05, 4.69) is 9.97 Å². The third-order valence-corrected chi connectivity index (χ3v) is 5.28. The van der Waals surface area contributed by atoms with Gasteiger partial charge in [0, 0.05) is 18.6 Å². The Bertz CT molecular complexity index is 842. The van der Waals surface area contributed by atoms with Crippen LogP contribution in [0.3, 0.4) is 0 Å². The third kappa shape index (κ3) is 5.56. The average Bonchev–Trinajstić information content (AvgIpc) is 2.67. The fourth-order valence-corrected chi connectivity index (χ4v) is 3.77. The Morgan fingerprint density at radius 3 is 2.62 bits per heavy atom. The Hall–Kier alpha value is -2.41. The van der Waals surface area contributed by atoms with Crippen LogP contribution in [0.25, 0.3) is 11.0 Å². The minimum atomic E-state index is -0.529. The molecule has 1 aromatic heterocycles. The highest BCUT2D eigenvalue weighted by Gasteiger charge is 2.30. The molecule has 1 saturated carbocycles. The van der Waals surface area contributed by atoms with Gasteiger partial charge < -0.3 is 20.1 Å². The van der Waals surface area contributed by atoms with E-state index in [-0.39, 0.29) is 18.2 Å². The SMILES string of the molecule is COc1cnc2cccc(CCN(C(=O)OC(C)(C)C)C3CCC(N)CC3)c2n1. The van der Waals surface area contributed by atoms with Gasteiger partial charge in [-0.1, -0.05) is 12.1 Å². The van der Waals surface area contributed by atoms with Crippen molar-refractivity contribution in [2.24, 2.45) is 5.73 Å².